The minimum Gasteiger partial charge on any atom is -0.508 e. The molecule has 0 aliphatic carbocycles. The monoisotopic (exact) mass is 452 g/mol. The number of phenols is 1. The first-order valence-electron chi connectivity index (χ1n) is 8.87. The highest BCUT2D eigenvalue weighted by Crippen LogP contribution is 2.46. The number of phenolic OH excluding ortho intramolecular Hbond substituents is 1. The molecule has 13 heteroatoms. The number of hydrogen-bond acceptors (Lipinski definition) is 9. The van der Waals surface area contributed by atoms with Gasteiger partial charge >= 0.3 is 12.1 Å². The summed E-state index contributed by atoms with van der Waals surface area (Å²) in [4.78, 5) is 49.3. The van der Waals surface area contributed by atoms with E-state index in [1.807, 2.05) is 0 Å². The van der Waals surface area contributed by atoms with Crippen LogP contribution >= 0.6 is 11.8 Å². The van der Waals surface area contributed by atoms with Crippen molar-refractivity contribution >= 4 is 35.6 Å². The summed E-state index contributed by atoms with van der Waals surface area (Å²) in [7, 11) is 1.21. The number of amides is 3. The van der Waals surface area contributed by atoms with Crippen molar-refractivity contribution in [3.63, 3.8) is 0 Å². The number of primary amides is 1. The largest absolute Gasteiger partial charge is 0.508 e. The summed E-state index contributed by atoms with van der Waals surface area (Å²) in [6.45, 7) is -0.390. The first-order valence-corrected chi connectivity index (χ1v) is 9.91. The molecule has 1 aromatic rings. The lowest BCUT2D eigenvalue weighted by Crippen LogP contribution is -2.81. The highest BCUT2D eigenvalue weighted by molar-refractivity contribution is 8.00. The Morgan fingerprint density at radius 2 is 2.00 bits per heavy atom. The zero-order valence-electron chi connectivity index (χ0n) is 16.2. The molecule has 0 saturated carbocycles. The van der Waals surface area contributed by atoms with Crippen molar-refractivity contribution in [2.45, 2.75) is 17.1 Å². The molecule has 3 amide bonds. The Bertz CT molecular complexity index is 966. The number of methoxy groups -OCH3 is 1. The molecule has 0 spiro atoms. The van der Waals surface area contributed by atoms with Crippen LogP contribution in [-0.4, -0.2) is 69.6 Å². The number of aliphatic carboxylic acids is 1. The number of carboxylic acids is 1. The maximum atomic E-state index is 13.0. The molecule has 0 aromatic heterocycles. The van der Waals surface area contributed by atoms with Gasteiger partial charge in [-0.15, -0.1) is 11.8 Å². The molecule has 2 heterocycles. The van der Waals surface area contributed by atoms with Crippen LogP contribution in [0.1, 0.15) is 11.6 Å². The van der Waals surface area contributed by atoms with Crippen molar-refractivity contribution in [2.24, 2.45) is 11.5 Å². The molecule has 0 radical (unpaired) electrons. The molecule has 3 atom stereocenters. The van der Waals surface area contributed by atoms with Gasteiger partial charge in [0.05, 0.1) is 0 Å². The summed E-state index contributed by atoms with van der Waals surface area (Å²) in [6, 6.07) is 4.47. The molecule has 0 bridgehead atoms. The molecule has 2 aliphatic heterocycles. The van der Waals surface area contributed by atoms with Gasteiger partial charge in [-0.2, -0.15) is 0 Å². The average molecular weight is 452 g/mol. The second-order valence-electron chi connectivity index (χ2n) is 6.70. The van der Waals surface area contributed by atoms with Crippen LogP contribution in [0.15, 0.2) is 35.5 Å². The number of β-lactam (4-membered cyclic amide) rings is 1. The fraction of sp³-hybridized carbons (Fsp3) is 0.333. The van der Waals surface area contributed by atoms with Crippen LogP contribution in [0.5, 0.6) is 5.75 Å². The van der Waals surface area contributed by atoms with Gasteiger partial charge in [0.25, 0.3) is 11.6 Å². The van der Waals surface area contributed by atoms with Crippen molar-refractivity contribution in [2.75, 3.05) is 19.5 Å². The van der Waals surface area contributed by atoms with Crippen molar-refractivity contribution in [1.82, 2.24) is 10.2 Å². The van der Waals surface area contributed by atoms with E-state index in [0.717, 1.165) is 16.7 Å². The van der Waals surface area contributed by atoms with Crippen LogP contribution in [0.2, 0.25) is 0 Å². The molecule has 3 rings (SSSR count). The third-order valence-electron chi connectivity index (χ3n) is 4.87. The van der Waals surface area contributed by atoms with E-state index in [1.165, 1.54) is 31.4 Å². The molecule has 1 fully saturated rings. The van der Waals surface area contributed by atoms with E-state index in [1.54, 1.807) is 0 Å². The predicted molar refractivity (Wildman–Crippen MR) is 106 cm³/mol. The molecule has 1 unspecified atom stereocenters. The molecule has 1 saturated heterocycles. The van der Waals surface area contributed by atoms with Gasteiger partial charge in [-0.1, -0.05) is 12.1 Å². The Morgan fingerprint density at radius 1 is 1.35 bits per heavy atom. The zero-order chi connectivity index (χ0) is 22.9. The summed E-state index contributed by atoms with van der Waals surface area (Å²) < 4.78 is 10.00. The lowest BCUT2D eigenvalue weighted by Gasteiger charge is -2.55. The highest BCUT2D eigenvalue weighted by Gasteiger charge is 2.66. The number of ether oxygens (including phenoxy) is 2. The number of benzene rings is 1. The first-order chi connectivity index (χ1) is 14.6. The van der Waals surface area contributed by atoms with Crippen molar-refractivity contribution in [3.8, 4) is 5.75 Å². The molecule has 1 aromatic carbocycles. The smallest absolute Gasteiger partial charge is 0.404 e. The van der Waals surface area contributed by atoms with Gasteiger partial charge in [0.15, 0.2) is 0 Å². The zero-order valence-corrected chi connectivity index (χ0v) is 17.0. The molecule has 31 heavy (non-hydrogen) atoms. The van der Waals surface area contributed by atoms with Gasteiger partial charge in [0.2, 0.25) is 5.91 Å². The number of rotatable bonds is 7. The van der Waals surface area contributed by atoms with E-state index in [9.17, 15) is 29.4 Å². The number of nitrogens with zero attached hydrogens (tertiary/aromatic N) is 1. The van der Waals surface area contributed by atoms with E-state index in [2.05, 4.69) is 10.1 Å². The summed E-state index contributed by atoms with van der Waals surface area (Å²) in [5, 5.41) is 20.6. The third-order valence-corrected chi connectivity index (χ3v) is 6.24. The summed E-state index contributed by atoms with van der Waals surface area (Å²) >= 11 is 1.12. The van der Waals surface area contributed by atoms with E-state index in [4.69, 9.17) is 16.2 Å². The van der Waals surface area contributed by atoms with Crippen molar-refractivity contribution in [1.29, 1.82) is 0 Å². The van der Waals surface area contributed by atoms with E-state index in [-0.39, 0.29) is 22.8 Å². The van der Waals surface area contributed by atoms with Crippen LogP contribution in [0.4, 0.5) is 4.79 Å². The topological polar surface area (TPSA) is 195 Å². The maximum absolute atomic E-state index is 13.0. The maximum Gasteiger partial charge on any atom is 0.404 e. The number of thioether (sulfide) groups is 1. The summed E-state index contributed by atoms with van der Waals surface area (Å²) in [6.07, 6.45) is -1.08. The van der Waals surface area contributed by atoms with E-state index in [0.29, 0.717) is 5.56 Å². The summed E-state index contributed by atoms with van der Waals surface area (Å²) in [5.41, 5.74) is 9.27. The van der Waals surface area contributed by atoms with Crippen LogP contribution in [0.3, 0.4) is 0 Å². The van der Waals surface area contributed by atoms with Crippen LogP contribution < -0.4 is 16.8 Å². The van der Waals surface area contributed by atoms with Crippen LogP contribution in [-0.2, 0) is 23.9 Å². The Morgan fingerprint density at radius 3 is 2.55 bits per heavy atom. The summed E-state index contributed by atoms with van der Waals surface area (Å²) in [5.74, 6) is -2.86. The van der Waals surface area contributed by atoms with Gasteiger partial charge in [-0.3, -0.25) is 14.5 Å². The number of carbonyl (C=O) groups excluding carboxylic acids is 3. The van der Waals surface area contributed by atoms with Gasteiger partial charge in [0.1, 0.15) is 29.5 Å². The Balaban J connectivity index is 1.83. The molecule has 166 valence electrons. The predicted octanol–water partition coefficient (Wildman–Crippen LogP) is -0.800. The quantitative estimate of drug-likeness (QED) is 0.258. The number of nitrogens with two attached hydrogens (primary N) is 2. The Labute approximate surface area is 180 Å². The second kappa shape index (κ2) is 8.45. The first kappa shape index (κ1) is 22.4. The molecule has 7 N–H and O–H groups in total. The van der Waals surface area contributed by atoms with E-state index >= 15 is 0 Å². The fourth-order valence-corrected chi connectivity index (χ4v) is 4.73. The van der Waals surface area contributed by atoms with Gasteiger partial charge < -0.3 is 36.5 Å². The van der Waals surface area contributed by atoms with Crippen molar-refractivity contribution in [3.05, 3.63) is 41.1 Å². The highest BCUT2D eigenvalue weighted by atomic mass is 32.2. The minimum absolute atomic E-state index is 0.00255. The number of hydrogen-bond donors (Lipinski definition) is 5. The number of carbonyl (C=O) groups is 4. The Kier molecular flexibility index (Phi) is 6.10. The normalized spacial score (nSPS) is 23.5. The van der Waals surface area contributed by atoms with Gasteiger partial charge in [-0.05, 0) is 17.7 Å². The molecular weight excluding hydrogens is 432 g/mol. The van der Waals surface area contributed by atoms with Crippen LogP contribution in [0, 0.1) is 0 Å². The fourth-order valence-electron chi connectivity index (χ4n) is 3.31. The van der Waals surface area contributed by atoms with Gasteiger partial charge in [0, 0.05) is 18.4 Å². The molecule has 2 aliphatic rings. The number of carboxylic acid groups (broad SMARTS) is 1. The molecule has 12 nitrogen and oxygen atoms in total. The van der Waals surface area contributed by atoms with E-state index < -0.39 is 47.6 Å². The Hall–Kier alpha value is -3.29. The third kappa shape index (κ3) is 3.89. The second-order valence-corrected chi connectivity index (χ2v) is 7.77. The number of fused-ring (bicyclic) bond motifs is 1. The lowest BCUT2D eigenvalue weighted by atomic mass is 9.97. The lowest BCUT2D eigenvalue weighted by molar-refractivity contribution is -0.192. The average Bonchev–Trinajstić information content (AvgIpc) is 2.74. The SMILES string of the molecule is CO[C@@]1(NC(=O)C(N)c2ccc(O)cc2)C(=O)N2C(C(=O)O)=C(COC(N)=O)CS[C@@H]21. The standard InChI is InChI=1S/C18H20N4O8S/c1-29-18(21-13(24)11(19)8-2-4-10(23)5-3-8)15(27)22-12(14(25)26)9(6-30-17(20)28)7-31-16(18)22/h2-5,11,16,23H,6-7,19H2,1H3,(H2,20,28)(H,21,24)(H,25,26)/t11?,16-,18+/m1/s1. The minimum atomic E-state index is -1.83. The number of nitrogens with one attached hydrogen (secondary N) is 1. The number of aromatic hydroxyl groups is 1. The van der Waals surface area contributed by atoms with Crippen molar-refractivity contribution < 1.29 is 38.9 Å². The van der Waals surface area contributed by atoms with Gasteiger partial charge in [-0.25, -0.2) is 9.59 Å². The van der Waals surface area contributed by atoms with Crippen LogP contribution in [0.25, 0.3) is 0 Å². The molecular formula is C18H20N4O8S.